The molecule has 3 rings (SSSR count). The summed E-state index contributed by atoms with van der Waals surface area (Å²) in [4.78, 5) is 24.7. The van der Waals surface area contributed by atoms with Crippen LogP contribution in [0.2, 0.25) is 0 Å². The van der Waals surface area contributed by atoms with Crippen LogP contribution in [0.15, 0.2) is 24.3 Å². The minimum absolute atomic E-state index is 0.0721. The van der Waals surface area contributed by atoms with E-state index in [9.17, 15) is 9.59 Å². The smallest absolute Gasteiger partial charge is 0.194 e. The first-order chi connectivity index (χ1) is 9.58. The van der Waals surface area contributed by atoms with Crippen LogP contribution in [-0.2, 0) is 11.8 Å². The Hall–Kier alpha value is -1.97. The zero-order valence-electron chi connectivity index (χ0n) is 11.8. The largest absolute Gasteiger partial charge is 0.299 e. The average molecular weight is 270 g/mol. The molecular formula is C16H18N2O2. The third kappa shape index (κ3) is 2.05. The number of rotatable bonds is 2. The fourth-order valence-corrected chi connectivity index (χ4v) is 3.03. The second kappa shape index (κ2) is 4.85. The number of hydrogen-bond donors (Lipinski definition) is 0. The van der Waals surface area contributed by atoms with Gasteiger partial charge in [-0.3, -0.25) is 14.3 Å². The number of aryl methyl sites for hydroxylation is 1. The number of nitrogens with zero attached hydrogens (tertiary/aromatic N) is 2. The van der Waals surface area contributed by atoms with E-state index < -0.39 is 5.92 Å². The van der Waals surface area contributed by atoms with Crippen LogP contribution < -0.4 is 0 Å². The number of para-hydroxylation sites is 1. The van der Waals surface area contributed by atoms with Gasteiger partial charge in [-0.25, -0.2) is 0 Å². The van der Waals surface area contributed by atoms with Gasteiger partial charge in [0, 0.05) is 18.9 Å². The van der Waals surface area contributed by atoms with E-state index in [1.807, 2.05) is 31.3 Å². The summed E-state index contributed by atoms with van der Waals surface area (Å²) >= 11 is 0. The molecule has 20 heavy (non-hydrogen) atoms. The van der Waals surface area contributed by atoms with E-state index in [1.165, 1.54) is 0 Å². The van der Waals surface area contributed by atoms with Crippen molar-refractivity contribution in [3.8, 4) is 0 Å². The molecule has 4 nitrogen and oxygen atoms in total. The molecule has 1 saturated carbocycles. The molecular weight excluding hydrogens is 252 g/mol. The van der Waals surface area contributed by atoms with Gasteiger partial charge in [0.25, 0.3) is 0 Å². The van der Waals surface area contributed by atoms with Crippen molar-refractivity contribution < 1.29 is 9.59 Å². The molecule has 0 spiro atoms. The highest BCUT2D eigenvalue weighted by atomic mass is 16.2. The first-order valence-corrected chi connectivity index (χ1v) is 7.06. The predicted molar refractivity (Wildman–Crippen MR) is 76.6 cm³/mol. The van der Waals surface area contributed by atoms with Gasteiger partial charge >= 0.3 is 0 Å². The maximum Gasteiger partial charge on any atom is 0.194 e. The number of hydrogen-bond acceptors (Lipinski definition) is 3. The van der Waals surface area contributed by atoms with Crippen LogP contribution in [0.3, 0.4) is 0 Å². The Morgan fingerprint density at radius 3 is 2.90 bits per heavy atom. The van der Waals surface area contributed by atoms with Gasteiger partial charge < -0.3 is 0 Å². The summed E-state index contributed by atoms with van der Waals surface area (Å²) in [6.07, 6.45) is 2.07. The molecule has 1 heterocycles. The maximum absolute atomic E-state index is 12.7. The van der Waals surface area contributed by atoms with Gasteiger partial charge in [-0.2, -0.15) is 5.10 Å². The minimum atomic E-state index is -0.503. The van der Waals surface area contributed by atoms with Crippen LogP contribution in [0, 0.1) is 11.8 Å². The number of aromatic nitrogens is 2. The monoisotopic (exact) mass is 270 g/mol. The Morgan fingerprint density at radius 2 is 2.10 bits per heavy atom. The molecule has 0 N–H and O–H groups in total. The summed E-state index contributed by atoms with van der Waals surface area (Å²) in [5.74, 6) is -0.116. The van der Waals surface area contributed by atoms with E-state index in [4.69, 9.17) is 0 Å². The van der Waals surface area contributed by atoms with Gasteiger partial charge in [-0.1, -0.05) is 25.1 Å². The third-order valence-corrected chi connectivity index (χ3v) is 4.22. The van der Waals surface area contributed by atoms with Gasteiger partial charge in [-0.15, -0.1) is 0 Å². The second-order valence-corrected chi connectivity index (χ2v) is 5.75. The Bertz CT molecular complexity index is 687. The highest BCUT2D eigenvalue weighted by Crippen LogP contribution is 2.30. The number of carbonyl (C=O) groups excluding carboxylic acids is 2. The molecule has 2 unspecified atom stereocenters. The molecule has 104 valence electrons. The molecule has 1 aromatic carbocycles. The van der Waals surface area contributed by atoms with Crippen LogP contribution >= 0.6 is 0 Å². The second-order valence-electron chi connectivity index (χ2n) is 5.75. The molecule has 0 amide bonds. The van der Waals surface area contributed by atoms with Crippen molar-refractivity contribution in [1.29, 1.82) is 0 Å². The zero-order valence-corrected chi connectivity index (χ0v) is 11.8. The van der Waals surface area contributed by atoms with E-state index >= 15 is 0 Å². The maximum atomic E-state index is 12.7. The molecule has 2 atom stereocenters. The van der Waals surface area contributed by atoms with Gasteiger partial charge in [0.15, 0.2) is 5.78 Å². The summed E-state index contributed by atoms with van der Waals surface area (Å²) in [5, 5.41) is 5.18. The normalized spacial score (nSPS) is 23.2. The third-order valence-electron chi connectivity index (χ3n) is 4.22. The van der Waals surface area contributed by atoms with Crippen molar-refractivity contribution in [1.82, 2.24) is 9.78 Å². The van der Waals surface area contributed by atoms with E-state index in [2.05, 4.69) is 12.0 Å². The van der Waals surface area contributed by atoms with E-state index in [-0.39, 0.29) is 11.6 Å². The lowest BCUT2D eigenvalue weighted by atomic mass is 9.78. The van der Waals surface area contributed by atoms with Crippen molar-refractivity contribution in [3.05, 3.63) is 30.0 Å². The molecule has 0 aliphatic heterocycles. The number of ketones is 2. The predicted octanol–water partition coefficient (Wildman–Crippen LogP) is 2.76. The summed E-state index contributed by atoms with van der Waals surface area (Å²) in [6.45, 7) is 2.10. The fraction of sp³-hybridized carbons (Fsp3) is 0.438. The molecule has 1 fully saturated rings. The standard InChI is InChI=1S/C16H18N2O2/c1-10-7-8-14(19)12(9-10)16(20)15-11-5-3-4-6-13(11)18(2)17-15/h3-6,10,12H,7-9H2,1-2H3. The minimum Gasteiger partial charge on any atom is -0.299 e. The Morgan fingerprint density at radius 1 is 1.35 bits per heavy atom. The molecule has 0 bridgehead atoms. The van der Waals surface area contributed by atoms with Crippen molar-refractivity contribution in [2.75, 3.05) is 0 Å². The molecule has 1 aliphatic rings. The number of carbonyl (C=O) groups is 2. The zero-order chi connectivity index (χ0) is 14.3. The SMILES string of the molecule is CC1CCC(=O)C(C(=O)c2nn(C)c3ccccc23)C1. The number of benzene rings is 1. The van der Waals surface area contributed by atoms with Gasteiger partial charge in [0.1, 0.15) is 11.5 Å². The summed E-state index contributed by atoms with van der Waals surface area (Å²) < 4.78 is 1.71. The molecule has 4 heteroatoms. The van der Waals surface area contributed by atoms with E-state index in [0.717, 1.165) is 17.3 Å². The highest BCUT2D eigenvalue weighted by Gasteiger charge is 2.34. The first-order valence-electron chi connectivity index (χ1n) is 7.06. The van der Waals surface area contributed by atoms with Crippen LogP contribution in [-0.4, -0.2) is 21.3 Å². The van der Waals surface area contributed by atoms with Gasteiger partial charge in [0.2, 0.25) is 0 Å². The van der Waals surface area contributed by atoms with E-state index in [1.54, 1.807) is 4.68 Å². The van der Waals surface area contributed by atoms with Crippen LogP contribution in [0.5, 0.6) is 0 Å². The Labute approximate surface area is 117 Å². The van der Waals surface area contributed by atoms with Crippen molar-refractivity contribution in [3.63, 3.8) is 0 Å². The molecule has 0 radical (unpaired) electrons. The van der Waals surface area contributed by atoms with Gasteiger partial charge in [0.05, 0.1) is 11.4 Å². The fourth-order valence-electron chi connectivity index (χ4n) is 3.03. The highest BCUT2D eigenvalue weighted by molar-refractivity contribution is 6.15. The lowest BCUT2D eigenvalue weighted by Gasteiger charge is -2.23. The first kappa shape index (κ1) is 13.0. The van der Waals surface area contributed by atoms with E-state index in [0.29, 0.717) is 24.5 Å². The van der Waals surface area contributed by atoms with Crippen LogP contribution in [0.1, 0.15) is 36.7 Å². The summed E-state index contributed by atoms with van der Waals surface area (Å²) in [5.41, 5.74) is 1.36. The Balaban J connectivity index is 2.02. The van der Waals surface area contributed by atoms with Crippen molar-refractivity contribution in [2.45, 2.75) is 26.2 Å². The van der Waals surface area contributed by atoms with Crippen LogP contribution in [0.4, 0.5) is 0 Å². The quantitative estimate of drug-likeness (QED) is 0.623. The van der Waals surface area contributed by atoms with Crippen molar-refractivity contribution in [2.24, 2.45) is 18.9 Å². The number of fused-ring (bicyclic) bond motifs is 1. The van der Waals surface area contributed by atoms with Crippen molar-refractivity contribution >= 4 is 22.5 Å². The average Bonchev–Trinajstić information content (AvgIpc) is 2.79. The molecule has 1 aromatic heterocycles. The lowest BCUT2D eigenvalue weighted by molar-refractivity contribution is -0.123. The summed E-state index contributed by atoms with van der Waals surface area (Å²) in [7, 11) is 1.82. The molecule has 1 aliphatic carbocycles. The Kier molecular flexibility index (Phi) is 3.16. The molecule has 0 saturated heterocycles. The van der Waals surface area contributed by atoms with Crippen LogP contribution in [0.25, 0.3) is 10.9 Å². The number of Topliss-reactive ketones (excluding diaryl/α,β-unsaturated/α-hetero) is 2. The topological polar surface area (TPSA) is 52.0 Å². The summed E-state index contributed by atoms with van der Waals surface area (Å²) in [6, 6.07) is 7.65. The molecule has 2 aromatic rings. The van der Waals surface area contributed by atoms with Gasteiger partial charge in [-0.05, 0) is 24.8 Å². The lowest BCUT2D eigenvalue weighted by Crippen LogP contribution is -2.30.